The second-order valence-corrected chi connectivity index (χ2v) is 5.29. The van der Waals surface area contributed by atoms with Gasteiger partial charge < -0.3 is 4.74 Å². The van der Waals surface area contributed by atoms with Crippen molar-refractivity contribution in [3.8, 4) is 0 Å². The van der Waals surface area contributed by atoms with E-state index < -0.39 is 16.8 Å². The van der Waals surface area contributed by atoms with Gasteiger partial charge in [-0.05, 0) is 37.6 Å². The van der Waals surface area contributed by atoms with Crippen molar-refractivity contribution in [3.05, 3.63) is 69.8 Å². The van der Waals surface area contributed by atoms with Gasteiger partial charge >= 0.3 is 5.97 Å². The van der Waals surface area contributed by atoms with Gasteiger partial charge in [-0.3, -0.25) is 24.6 Å². The fourth-order valence-corrected chi connectivity index (χ4v) is 2.35. The Morgan fingerprint density at radius 1 is 1.12 bits per heavy atom. The number of hydrogen-bond donors (Lipinski definition) is 0. The van der Waals surface area contributed by atoms with Gasteiger partial charge in [-0.15, -0.1) is 0 Å². The number of benzene rings is 2. The molecule has 0 N–H and O–H groups in total. The number of ether oxygens (including phenoxy) is 1. The van der Waals surface area contributed by atoms with Crippen molar-refractivity contribution in [2.75, 3.05) is 18.1 Å². The molecule has 0 saturated carbocycles. The predicted molar refractivity (Wildman–Crippen MR) is 92.6 cm³/mol. The smallest absolute Gasteiger partial charge is 0.326 e. The Kier molecular flexibility index (Phi) is 5.84. The number of anilines is 1. The Morgan fingerprint density at radius 3 is 2.32 bits per heavy atom. The molecule has 0 saturated heterocycles. The first-order valence-electron chi connectivity index (χ1n) is 7.71. The van der Waals surface area contributed by atoms with Crippen LogP contribution in [0.4, 0.5) is 11.4 Å². The van der Waals surface area contributed by atoms with Gasteiger partial charge in [0.2, 0.25) is 0 Å². The van der Waals surface area contributed by atoms with Crippen molar-refractivity contribution in [1.29, 1.82) is 0 Å². The molecule has 1 amide bonds. The zero-order valence-electron chi connectivity index (χ0n) is 14.0. The van der Waals surface area contributed by atoms with Crippen molar-refractivity contribution in [2.45, 2.75) is 13.8 Å². The number of amides is 1. The lowest BCUT2D eigenvalue weighted by atomic mass is 10.1. The Hall–Kier alpha value is -3.22. The second-order valence-electron chi connectivity index (χ2n) is 5.29. The van der Waals surface area contributed by atoms with Crippen molar-refractivity contribution in [2.24, 2.45) is 0 Å². The highest BCUT2D eigenvalue weighted by Crippen LogP contribution is 2.22. The summed E-state index contributed by atoms with van der Waals surface area (Å²) in [4.78, 5) is 36.3. The molecule has 7 nitrogen and oxygen atoms in total. The molecule has 0 aliphatic heterocycles. The molecule has 0 bridgehead atoms. The molecule has 0 aromatic heterocycles. The SMILES string of the molecule is CCOC(=O)CN(C(=O)c1ccc([N+](=O)[O-])cc1)c1ccccc1C. The van der Waals surface area contributed by atoms with Gasteiger partial charge in [-0.2, -0.15) is 0 Å². The van der Waals surface area contributed by atoms with Crippen LogP contribution >= 0.6 is 0 Å². The molecule has 2 aromatic carbocycles. The molecular weight excluding hydrogens is 324 g/mol. The van der Waals surface area contributed by atoms with Crippen LogP contribution in [0.1, 0.15) is 22.8 Å². The van der Waals surface area contributed by atoms with Crippen LogP contribution in [0.2, 0.25) is 0 Å². The molecule has 0 atom stereocenters. The molecule has 25 heavy (non-hydrogen) atoms. The summed E-state index contributed by atoms with van der Waals surface area (Å²) >= 11 is 0. The minimum absolute atomic E-state index is 0.107. The molecule has 2 aromatic rings. The van der Waals surface area contributed by atoms with E-state index in [0.717, 1.165) is 5.56 Å². The predicted octanol–water partition coefficient (Wildman–Crippen LogP) is 3.11. The number of non-ortho nitro benzene ring substituents is 1. The highest BCUT2D eigenvalue weighted by molar-refractivity contribution is 6.08. The maximum atomic E-state index is 12.9. The largest absolute Gasteiger partial charge is 0.465 e. The van der Waals surface area contributed by atoms with Crippen LogP contribution < -0.4 is 4.90 Å². The number of nitrogens with zero attached hydrogens (tertiary/aromatic N) is 2. The summed E-state index contributed by atoms with van der Waals surface area (Å²) in [6, 6.07) is 12.4. The molecule has 0 radical (unpaired) electrons. The number of nitro groups is 1. The van der Waals surface area contributed by atoms with E-state index in [9.17, 15) is 19.7 Å². The van der Waals surface area contributed by atoms with Gasteiger partial charge in [0.1, 0.15) is 6.54 Å². The highest BCUT2D eigenvalue weighted by Gasteiger charge is 2.23. The summed E-state index contributed by atoms with van der Waals surface area (Å²) < 4.78 is 4.95. The number of aryl methyl sites for hydroxylation is 1. The summed E-state index contributed by atoms with van der Waals surface area (Å²) in [5.74, 6) is -0.960. The fourth-order valence-electron chi connectivity index (χ4n) is 2.35. The van der Waals surface area contributed by atoms with Gasteiger partial charge in [-0.25, -0.2) is 0 Å². The third kappa shape index (κ3) is 4.41. The lowest BCUT2D eigenvalue weighted by Gasteiger charge is -2.23. The number of esters is 1. The lowest BCUT2D eigenvalue weighted by Crippen LogP contribution is -2.37. The zero-order valence-corrected chi connectivity index (χ0v) is 14.0. The maximum absolute atomic E-state index is 12.9. The summed E-state index contributed by atoms with van der Waals surface area (Å²) in [7, 11) is 0. The summed E-state index contributed by atoms with van der Waals surface area (Å²) in [6.45, 7) is 3.49. The second kappa shape index (κ2) is 8.05. The fraction of sp³-hybridized carbons (Fsp3) is 0.222. The molecule has 0 aliphatic carbocycles. The van der Waals surface area contributed by atoms with Crippen LogP contribution in [0.15, 0.2) is 48.5 Å². The van der Waals surface area contributed by atoms with Crippen molar-refractivity contribution in [3.63, 3.8) is 0 Å². The average molecular weight is 342 g/mol. The molecule has 0 heterocycles. The van der Waals surface area contributed by atoms with Gasteiger partial charge in [0.05, 0.1) is 11.5 Å². The number of carbonyl (C=O) groups is 2. The summed E-state index contributed by atoms with van der Waals surface area (Å²) in [6.07, 6.45) is 0. The molecular formula is C18H18N2O5. The Morgan fingerprint density at radius 2 is 1.76 bits per heavy atom. The van der Waals surface area contributed by atoms with Gasteiger partial charge in [-0.1, -0.05) is 18.2 Å². The number of para-hydroxylation sites is 1. The van der Waals surface area contributed by atoms with E-state index in [4.69, 9.17) is 4.74 Å². The number of hydrogen-bond acceptors (Lipinski definition) is 5. The van der Waals surface area contributed by atoms with Crippen LogP contribution in [0.5, 0.6) is 0 Å². The third-order valence-electron chi connectivity index (χ3n) is 3.57. The Bertz CT molecular complexity index is 786. The van der Waals surface area contributed by atoms with Crippen molar-refractivity contribution < 1.29 is 19.2 Å². The first-order chi connectivity index (χ1) is 11.9. The molecule has 7 heteroatoms. The molecule has 0 fully saturated rings. The Balaban J connectivity index is 2.36. The molecule has 0 spiro atoms. The normalized spacial score (nSPS) is 10.2. The minimum atomic E-state index is -0.536. The van der Waals surface area contributed by atoms with E-state index in [-0.39, 0.29) is 24.4 Å². The van der Waals surface area contributed by atoms with Crippen LogP contribution in [-0.2, 0) is 9.53 Å². The van der Waals surface area contributed by atoms with Crippen LogP contribution in [-0.4, -0.2) is 30.0 Å². The topological polar surface area (TPSA) is 89.8 Å². The molecule has 0 unspecified atom stereocenters. The monoisotopic (exact) mass is 342 g/mol. The van der Waals surface area contributed by atoms with Gasteiger partial charge in [0, 0.05) is 23.4 Å². The molecule has 0 aliphatic rings. The van der Waals surface area contributed by atoms with E-state index >= 15 is 0 Å². The van der Waals surface area contributed by atoms with Crippen LogP contribution in [0.3, 0.4) is 0 Å². The summed E-state index contributed by atoms with van der Waals surface area (Å²) in [5.41, 5.74) is 1.54. The highest BCUT2D eigenvalue weighted by atomic mass is 16.6. The zero-order chi connectivity index (χ0) is 18.4. The van der Waals surface area contributed by atoms with Gasteiger partial charge in [0.15, 0.2) is 0 Å². The van der Waals surface area contributed by atoms with Crippen LogP contribution in [0, 0.1) is 17.0 Å². The van der Waals surface area contributed by atoms with Crippen LogP contribution in [0.25, 0.3) is 0 Å². The standard InChI is InChI=1S/C18H18N2O5/c1-3-25-17(21)12-19(16-7-5-4-6-13(16)2)18(22)14-8-10-15(11-9-14)20(23)24/h4-11H,3,12H2,1-2H3. The van der Waals surface area contributed by atoms with Crippen molar-refractivity contribution in [1.82, 2.24) is 0 Å². The summed E-state index contributed by atoms with van der Waals surface area (Å²) in [5, 5.41) is 10.7. The van der Waals surface area contributed by atoms with Gasteiger partial charge in [0.25, 0.3) is 11.6 Å². The Labute approximate surface area is 145 Å². The first-order valence-corrected chi connectivity index (χ1v) is 7.71. The maximum Gasteiger partial charge on any atom is 0.326 e. The first kappa shape index (κ1) is 18.1. The van der Waals surface area contributed by atoms with E-state index in [1.54, 1.807) is 19.1 Å². The van der Waals surface area contributed by atoms with E-state index in [2.05, 4.69) is 0 Å². The van der Waals surface area contributed by atoms with Crippen molar-refractivity contribution >= 4 is 23.3 Å². The van der Waals surface area contributed by atoms with E-state index in [0.29, 0.717) is 5.69 Å². The third-order valence-corrected chi connectivity index (χ3v) is 3.57. The number of carbonyl (C=O) groups excluding carboxylic acids is 2. The molecule has 130 valence electrons. The number of rotatable bonds is 6. The lowest BCUT2D eigenvalue weighted by molar-refractivity contribution is -0.384. The van der Waals surface area contributed by atoms with E-state index in [1.807, 2.05) is 19.1 Å². The molecule has 2 rings (SSSR count). The average Bonchev–Trinajstić information content (AvgIpc) is 2.60. The van der Waals surface area contributed by atoms with E-state index in [1.165, 1.54) is 29.2 Å². The minimum Gasteiger partial charge on any atom is -0.465 e. The quantitative estimate of drug-likeness (QED) is 0.457. The number of nitro benzene ring substituents is 1.